The largest absolute Gasteiger partial charge is 0.306 e. The van der Waals surface area contributed by atoms with Crippen LogP contribution >= 0.6 is 0 Å². The second-order valence-electron chi connectivity index (χ2n) is 7.23. The molecule has 0 amide bonds. The molecule has 1 N–H and O–H groups in total. The van der Waals surface area contributed by atoms with Gasteiger partial charge in [-0.3, -0.25) is 9.48 Å². The number of benzene rings is 1. The van der Waals surface area contributed by atoms with Crippen LogP contribution < -0.4 is 5.56 Å². The number of hydrogen-bond donors (Lipinski definition) is 1. The Balaban J connectivity index is 1.62. The van der Waals surface area contributed by atoms with Crippen LogP contribution in [0.5, 0.6) is 0 Å². The van der Waals surface area contributed by atoms with Gasteiger partial charge >= 0.3 is 0 Å². The summed E-state index contributed by atoms with van der Waals surface area (Å²) in [5, 5.41) is 4.47. The highest BCUT2D eigenvalue weighted by atomic mass is 32.2. The van der Waals surface area contributed by atoms with Gasteiger partial charge in [0.05, 0.1) is 16.8 Å². The minimum atomic E-state index is -3.31. The van der Waals surface area contributed by atoms with E-state index in [1.54, 1.807) is 31.3 Å². The third-order valence-corrected chi connectivity index (χ3v) is 7.17. The van der Waals surface area contributed by atoms with Crippen molar-refractivity contribution in [2.75, 3.05) is 5.75 Å². The van der Waals surface area contributed by atoms with Crippen LogP contribution in [0, 0.1) is 5.92 Å². The van der Waals surface area contributed by atoms with Gasteiger partial charge in [0.25, 0.3) is 5.56 Å². The Morgan fingerprint density at radius 2 is 1.85 bits per heavy atom. The zero-order valence-corrected chi connectivity index (χ0v) is 16.0. The van der Waals surface area contributed by atoms with Crippen LogP contribution in [0.25, 0.3) is 22.4 Å². The van der Waals surface area contributed by atoms with Gasteiger partial charge in [-0.2, -0.15) is 5.10 Å². The summed E-state index contributed by atoms with van der Waals surface area (Å²) in [4.78, 5) is 19.7. The monoisotopic (exact) mass is 386 g/mol. The van der Waals surface area contributed by atoms with E-state index in [1.165, 1.54) is 17.3 Å². The summed E-state index contributed by atoms with van der Waals surface area (Å²) in [5.41, 5.74) is 0.881. The highest BCUT2D eigenvalue weighted by Gasteiger charge is 2.23. The minimum Gasteiger partial charge on any atom is -0.306 e. The first-order valence-corrected chi connectivity index (χ1v) is 10.8. The van der Waals surface area contributed by atoms with Gasteiger partial charge in [0, 0.05) is 12.6 Å². The van der Waals surface area contributed by atoms with Crippen LogP contribution in [0.4, 0.5) is 0 Å². The van der Waals surface area contributed by atoms with Crippen LogP contribution in [0.15, 0.2) is 40.2 Å². The molecule has 1 aromatic carbocycles. The van der Waals surface area contributed by atoms with Crippen molar-refractivity contribution >= 4 is 20.9 Å². The fourth-order valence-electron chi connectivity index (χ4n) is 3.75. The predicted molar refractivity (Wildman–Crippen MR) is 103 cm³/mol. The lowest BCUT2D eigenvalue weighted by molar-refractivity contribution is 0.385. The normalized spacial score (nSPS) is 16.0. The second-order valence-corrected chi connectivity index (χ2v) is 9.26. The average Bonchev–Trinajstić information content (AvgIpc) is 3.04. The van der Waals surface area contributed by atoms with Crippen LogP contribution in [0.3, 0.4) is 0 Å². The van der Waals surface area contributed by atoms with Crippen LogP contribution in [0.2, 0.25) is 0 Å². The number of nitrogens with zero attached hydrogens (tertiary/aromatic N) is 3. The molecule has 0 bridgehead atoms. The van der Waals surface area contributed by atoms with E-state index in [-0.39, 0.29) is 17.2 Å². The predicted octanol–water partition coefficient (Wildman–Crippen LogP) is 2.68. The summed E-state index contributed by atoms with van der Waals surface area (Å²) >= 11 is 0. The average molecular weight is 386 g/mol. The maximum Gasteiger partial charge on any atom is 0.262 e. The fraction of sp³-hybridized carbons (Fsp3) is 0.421. The van der Waals surface area contributed by atoms with Gasteiger partial charge in [0.2, 0.25) is 0 Å². The van der Waals surface area contributed by atoms with Crippen molar-refractivity contribution in [3.63, 3.8) is 0 Å². The van der Waals surface area contributed by atoms with Gasteiger partial charge < -0.3 is 4.98 Å². The number of nitrogens with one attached hydrogen (secondary N) is 1. The van der Waals surface area contributed by atoms with Crippen molar-refractivity contribution in [2.45, 2.75) is 37.0 Å². The van der Waals surface area contributed by atoms with Crippen molar-refractivity contribution < 1.29 is 8.42 Å². The molecule has 27 heavy (non-hydrogen) atoms. The number of H-pyrrole nitrogens is 1. The van der Waals surface area contributed by atoms with Crippen LogP contribution in [-0.2, 0) is 16.9 Å². The SMILES string of the molecule is Cn1ncc2c(=O)[nH]c(-c3ccc(S(=O)(=O)CC4CCCCC4)cc3)nc21. The third-order valence-electron chi connectivity index (χ3n) is 5.27. The Morgan fingerprint density at radius 1 is 1.15 bits per heavy atom. The summed E-state index contributed by atoms with van der Waals surface area (Å²) in [6.07, 6.45) is 6.91. The second kappa shape index (κ2) is 6.92. The molecule has 3 aromatic rings. The van der Waals surface area contributed by atoms with E-state index in [0.29, 0.717) is 27.3 Å². The highest BCUT2D eigenvalue weighted by molar-refractivity contribution is 7.91. The summed E-state index contributed by atoms with van der Waals surface area (Å²) in [7, 11) is -1.58. The van der Waals surface area contributed by atoms with Gasteiger partial charge in [-0.1, -0.05) is 19.3 Å². The van der Waals surface area contributed by atoms with Crippen molar-refractivity contribution in [3.05, 3.63) is 40.8 Å². The molecule has 1 saturated carbocycles. The van der Waals surface area contributed by atoms with E-state index in [4.69, 9.17) is 0 Å². The number of rotatable bonds is 4. The summed E-state index contributed by atoms with van der Waals surface area (Å²) in [6, 6.07) is 6.57. The first kappa shape index (κ1) is 17.9. The Morgan fingerprint density at radius 3 is 2.56 bits per heavy atom. The Hall–Kier alpha value is -2.48. The summed E-state index contributed by atoms with van der Waals surface area (Å²) in [5.74, 6) is 0.864. The maximum atomic E-state index is 12.7. The van der Waals surface area contributed by atoms with Gasteiger partial charge in [0.15, 0.2) is 15.5 Å². The van der Waals surface area contributed by atoms with E-state index in [9.17, 15) is 13.2 Å². The lowest BCUT2D eigenvalue weighted by Gasteiger charge is -2.21. The highest BCUT2D eigenvalue weighted by Crippen LogP contribution is 2.27. The Bertz CT molecular complexity index is 1120. The molecule has 1 aliphatic carbocycles. The molecule has 7 nitrogen and oxygen atoms in total. The van der Waals surface area contributed by atoms with Crippen molar-refractivity contribution in [3.8, 4) is 11.4 Å². The van der Waals surface area contributed by atoms with E-state index in [1.807, 2.05) is 0 Å². The smallest absolute Gasteiger partial charge is 0.262 e. The molecule has 0 unspecified atom stereocenters. The molecule has 0 radical (unpaired) electrons. The summed E-state index contributed by atoms with van der Waals surface area (Å²) in [6.45, 7) is 0. The van der Waals surface area contributed by atoms with Gasteiger partial charge in [-0.15, -0.1) is 0 Å². The Kier molecular flexibility index (Phi) is 4.59. The van der Waals surface area contributed by atoms with Crippen molar-refractivity contribution in [2.24, 2.45) is 13.0 Å². The third kappa shape index (κ3) is 3.53. The molecular weight excluding hydrogens is 364 g/mol. The van der Waals surface area contributed by atoms with Crippen molar-refractivity contribution in [1.82, 2.24) is 19.7 Å². The van der Waals surface area contributed by atoms with Crippen molar-refractivity contribution in [1.29, 1.82) is 0 Å². The maximum absolute atomic E-state index is 12.7. The van der Waals surface area contributed by atoms with E-state index >= 15 is 0 Å². The topological polar surface area (TPSA) is 97.7 Å². The minimum absolute atomic E-state index is 0.211. The molecule has 1 fully saturated rings. The van der Waals surface area contributed by atoms with E-state index < -0.39 is 9.84 Å². The molecule has 0 saturated heterocycles. The zero-order valence-electron chi connectivity index (χ0n) is 15.2. The van der Waals surface area contributed by atoms with Gasteiger partial charge in [-0.05, 0) is 43.0 Å². The summed E-state index contributed by atoms with van der Waals surface area (Å²) < 4.78 is 26.9. The molecule has 142 valence electrons. The molecule has 4 rings (SSSR count). The lowest BCUT2D eigenvalue weighted by Crippen LogP contribution is -2.18. The zero-order chi connectivity index (χ0) is 19.0. The first-order valence-electron chi connectivity index (χ1n) is 9.19. The van der Waals surface area contributed by atoms with Crippen LogP contribution in [0.1, 0.15) is 32.1 Å². The number of aromatic nitrogens is 4. The van der Waals surface area contributed by atoms with Gasteiger partial charge in [-0.25, -0.2) is 13.4 Å². The molecule has 2 aromatic heterocycles. The van der Waals surface area contributed by atoms with E-state index in [2.05, 4.69) is 15.1 Å². The van der Waals surface area contributed by atoms with Crippen LogP contribution in [-0.4, -0.2) is 33.9 Å². The quantitative estimate of drug-likeness (QED) is 0.743. The number of hydrogen-bond acceptors (Lipinski definition) is 5. The molecule has 2 heterocycles. The molecule has 1 aliphatic rings. The number of aryl methyl sites for hydroxylation is 1. The Labute approximate surface area is 157 Å². The number of sulfone groups is 1. The molecule has 0 atom stereocenters. The molecule has 0 spiro atoms. The fourth-order valence-corrected chi connectivity index (χ4v) is 5.45. The number of fused-ring (bicyclic) bond motifs is 1. The standard InChI is InChI=1S/C19H22N4O3S/c1-23-18-16(11-20-23)19(24)22-17(21-18)14-7-9-15(10-8-14)27(25,26)12-13-5-3-2-4-6-13/h7-11,13H,2-6,12H2,1H3,(H,21,22,24). The molecular formula is C19H22N4O3S. The van der Waals surface area contributed by atoms with Gasteiger partial charge in [0.1, 0.15) is 11.2 Å². The first-order chi connectivity index (χ1) is 12.9. The molecule has 0 aliphatic heterocycles. The van der Waals surface area contributed by atoms with E-state index in [0.717, 1.165) is 25.7 Å². The number of aromatic amines is 1. The molecule has 8 heteroatoms. The lowest BCUT2D eigenvalue weighted by atomic mass is 9.91.